The fourth-order valence-electron chi connectivity index (χ4n) is 2.55. The van der Waals surface area contributed by atoms with Gasteiger partial charge in [0.25, 0.3) is 5.56 Å². The van der Waals surface area contributed by atoms with Gasteiger partial charge < -0.3 is 9.55 Å². The molecule has 0 aromatic carbocycles. The van der Waals surface area contributed by atoms with Crippen LogP contribution in [0.25, 0.3) is 0 Å². The maximum Gasteiger partial charge on any atom is 0.251 e. The van der Waals surface area contributed by atoms with Crippen LogP contribution in [0.4, 0.5) is 0 Å². The molecule has 21 heavy (non-hydrogen) atoms. The predicted molar refractivity (Wildman–Crippen MR) is 81.4 cm³/mol. The van der Waals surface area contributed by atoms with Crippen LogP contribution in [-0.2, 0) is 13.0 Å². The molecule has 2 aromatic rings. The summed E-state index contributed by atoms with van der Waals surface area (Å²) in [6.07, 6.45) is 4.61. The molecule has 0 saturated heterocycles. The summed E-state index contributed by atoms with van der Waals surface area (Å²) in [7, 11) is 0. The molecule has 1 aliphatic rings. The second-order valence-corrected chi connectivity index (χ2v) is 6.70. The Morgan fingerprint density at radius 1 is 1.33 bits per heavy atom. The molecule has 1 aliphatic heterocycles. The first kappa shape index (κ1) is 14.3. The van der Waals surface area contributed by atoms with Crippen LogP contribution in [0.1, 0.15) is 48.8 Å². The molecule has 0 aliphatic carbocycles. The van der Waals surface area contributed by atoms with Crippen molar-refractivity contribution in [3.63, 3.8) is 0 Å². The van der Waals surface area contributed by atoms with Crippen molar-refractivity contribution in [1.82, 2.24) is 24.7 Å². The first-order chi connectivity index (χ1) is 10.1. The summed E-state index contributed by atoms with van der Waals surface area (Å²) < 4.78 is 2.21. The Labute approximate surface area is 127 Å². The molecule has 0 radical (unpaired) electrons. The van der Waals surface area contributed by atoms with Gasteiger partial charge in [0.1, 0.15) is 11.6 Å². The van der Waals surface area contributed by atoms with Crippen LogP contribution >= 0.6 is 11.8 Å². The molecule has 0 saturated carbocycles. The van der Waals surface area contributed by atoms with Crippen molar-refractivity contribution in [3.05, 3.63) is 33.8 Å². The molecule has 0 amide bonds. The van der Waals surface area contributed by atoms with Gasteiger partial charge in [0.05, 0.1) is 5.25 Å². The van der Waals surface area contributed by atoms with Crippen molar-refractivity contribution in [2.45, 2.75) is 56.5 Å². The second kappa shape index (κ2) is 6.01. The molecule has 3 rings (SSSR count). The van der Waals surface area contributed by atoms with E-state index in [1.54, 1.807) is 11.8 Å². The highest BCUT2D eigenvalue weighted by atomic mass is 32.2. The lowest BCUT2D eigenvalue weighted by Gasteiger charge is -2.11. The Kier molecular flexibility index (Phi) is 4.10. The van der Waals surface area contributed by atoms with Gasteiger partial charge in [-0.1, -0.05) is 18.2 Å². The minimum atomic E-state index is -0.106. The number of aryl methyl sites for hydroxylation is 2. The number of hydrogen-bond donors (Lipinski definition) is 1. The maximum absolute atomic E-state index is 11.6. The number of aromatic nitrogens is 5. The highest BCUT2D eigenvalue weighted by Gasteiger charge is 2.19. The zero-order valence-electron chi connectivity index (χ0n) is 12.3. The van der Waals surface area contributed by atoms with Crippen LogP contribution in [0.15, 0.2) is 16.0 Å². The van der Waals surface area contributed by atoms with E-state index in [0.29, 0.717) is 5.82 Å². The number of nitrogens with one attached hydrogen (secondary N) is 1. The van der Waals surface area contributed by atoms with Gasteiger partial charge >= 0.3 is 0 Å². The average molecular weight is 305 g/mol. The molecular weight excluding hydrogens is 286 g/mol. The van der Waals surface area contributed by atoms with Gasteiger partial charge in [0.15, 0.2) is 5.16 Å². The third kappa shape index (κ3) is 3.18. The van der Waals surface area contributed by atoms with Gasteiger partial charge in [-0.15, -0.1) is 10.2 Å². The van der Waals surface area contributed by atoms with Crippen molar-refractivity contribution in [1.29, 1.82) is 0 Å². The molecule has 0 spiro atoms. The number of H-pyrrole nitrogens is 1. The largest absolute Gasteiger partial charge is 0.310 e. The van der Waals surface area contributed by atoms with E-state index in [4.69, 9.17) is 0 Å². The number of thioether (sulfide) groups is 1. The molecule has 0 fully saturated rings. The van der Waals surface area contributed by atoms with Crippen molar-refractivity contribution in [2.75, 3.05) is 0 Å². The standard InChI is InChI=1S/C14H19N5OS/c1-9-8-12(20)16-13(15-9)10(2)21-14-18-17-11-6-4-3-5-7-19(11)14/h8,10H,3-7H2,1-2H3,(H,15,16,20). The topological polar surface area (TPSA) is 76.5 Å². The van der Waals surface area contributed by atoms with Gasteiger partial charge in [0, 0.05) is 24.7 Å². The Balaban J connectivity index is 1.83. The average Bonchev–Trinajstić information content (AvgIpc) is 2.67. The van der Waals surface area contributed by atoms with E-state index in [1.807, 2.05) is 13.8 Å². The van der Waals surface area contributed by atoms with Crippen molar-refractivity contribution in [3.8, 4) is 0 Å². The summed E-state index contributed by atoms with van der Waals surface area (Å²) in [4.78, 5) is 18.8. The Bertz CT molecular complexity index is 693. The fourth-order valence-corrected chi connectivity index (χ4v) is 3.51. The third-order valence-corrected chi connectivity index (χ3v) is 4.72. The smallest absolute Gasteiger partial charge is 0.251 e. The van der Waals surface area contributed by atoms with E-state index in [-0.39, 0.29) is 10.8 Å². The van der Waals surface area contributed by atoms with Crippen molar-refractivity contribution < 1.29 is 0 Å². The summed E-state index contributed by atoms with van der Waals surface area (Å²) in [5, 5.41) is 9.56. The minimum Gasteiger partial charge on any atom is -0.310 e. The van der Waals surface area contributed by atoms with E-state index in [1.165, 1.54) is 25.3 Å². The van der Waals surface area contributed by atoms with E-state index in [0.717, 1.165) is 29.6 Å². The third-order valence-electron chi connectivity index (χ3n) is 3.63. The van der Waals surface area contributed by atoms with Crippen LogP contribution in [0, 0.1) is 6.92 Å². The lowest BCUT2D eigenvalue weighted by atomic mass is 10.2. The van der Waals surface area contributed by atoms with Gasteiger partial charge in [0.2, 0.25) is 0 Å². The summed E-state index contributed by atoms with van der Waals surface area (Å²) in [5.74, 6) is 1.77. The predicted octanol–water partition coefficient (Wildman–Crippen LogP) is 2.25. The molecular formula is C14H19N5OS. The first-order valence-corrected chi connectivity index (χ1v) is 8.18. The van der Waals surface area contributed by atoms with E-state index in [2.05, 4.69) is 24.7 Å². The SMILES string of the molecule is Cc1cc(=O)[nH]c(C(C)Sc2nnc3n2CCCCC3)n1. The first-order valence-electron chi connectivity index (χ1n) is 7.30. The van der Waals surface area contributed by atoms with Crippen molar-refractivity contribution in [2.24, 2.45) is 0 Å². The molecule has 7 heteroatoms. The van der Waals surface area contributed by atoms with Gasteiger partial charge in [-0.2, -0.15) is 0 Å². The monoisotopic (exact) mass is 305 g/mol. The van der Waals surface area contributed by atoms with Gasteiger partial charge in [-0.3, -0.25) is 4.79 Å². The van der Waals surface area contributed by atoms with Gasteiger partial charge in [-0.05, 0) is 26.7 Å². The summed E-state index contributed by atoms with van der Waals surface area (Å²) in [6, 6.07) is 1.50. The Morgan fingerprint density at radius 3 is 3.00 bits per heavy atom. The fraction of sp³-hybridized carbons (Fsp3) is 0.571. The number of fused-ring (bicyclic) bond motifs is 1. The Hall–Kier alpha value is -1.63. The highest BCUT2D eigenvalue weighted by molar-refractivity contribution is 7.99. The van der Waals surface area contributed by atoms with Crippen LogP contribution in [0.5, 0.6) is 0 Å². The highest BCUT2D eigenvalue weighted by Crippen LogP contribution is 2.32. The molecule has 6 nitrogen and oxygen atoms in total. The van der Waals surface area contributed by atoms with Gasteiger partial charge in [-0.25, -0.2) is 4.98 Å². The summed E-state index contributed by atoms with van der Waals surface area (Å²) in [6.45, 7) is 4.84. The molecule has 2 aromatic heterocycles. The van der Waals surface area contributed by atoms with Crippen LogP contribution in [0.2, 0.25) is 0 Å². The normalized spacial score (nSPS) is 16.3. The number of rotatable bonds is 3. The summed E-state index contributed by atoms with van der Waals surface area (Å²) in [5.41, 5.74) is 0.631. The van der Waals surface area contributed by atoms with Crippen LogP contribution < -0.4 is 5.56 Å². The zero-order valence-corrected chi connectivity index (χ0v) is 13.1. The van der Waals surface area contributed by atoms with E-state index >= 15 is 0 Å². The maximum atomic E-state index is 11.6. The number of aromatic amines is 1. The van der Waals surface area contributed by atoms with Crippen LogP contribution in [0.3, 0.4) is 0 Å². The van der Waals surface area contributed by atoms with Crippen molar-refractivity contribution >= 4 is 11.8 Å². The van der Waals surface area contributed by atoms with E-state index in [9.17, 15) is 4.79 Å². The lowest BCUT2D eigenvalue weighted by molar-refractivity contribution is 0.590. The minimum absolute atomic E-state index is 0.0363. The second-order valence-electron chi connectivity index (χ2n) is 5.39. The number of hydrogen-bond acceptors (Lipinski definition) is 5. The molecule has 1 unspecified atom stereocenters. The number of nitrogens with zero attached hydrogens (tertiary/aromatic N) is 4. The van der Waals surface area contributed by atoms with Crippen LogP contribution in [-0.4, -0.2) is 24.7 Å². The molecule has 112 valence electrons. The summed E-state index contributed by atoms with van der Waals surface area (Å²) >= 11 is 1.60. The lowest BCUT2D eigenvalue weighted by Crippen LogP contribution is -2.12. The molecule has 1 N–H and O–H groups in total. The zero-order chi connectivity index (χ0) is 14.8. The molecule has 3 heterocycles. The Morgan fingerprint density at radius 2 is 2.19 bits per heavy atom. The van der Waals surface area contributed by atoms with E-state index < -0.39 is 0 Å². The molecule has 0 bridgehead atoms. The quantitative estimate of drug-likeness (QED) is 0.880. The molecule has 1 atom stereocenters.